The van der Waals surface area contributed by atoms with Crippen molar-refractivity contribution in [1.29, 1.82) is 0 Å². The minimum atomic E-state index is -2.76. The number of para-hydroxylation sites is 2. The highest BCUT2D eigenvalue weighted by Gasteiger charge is 2.28. The summed E-state index contributed by atoms with van der Waals surface area (Å²) < 4.78 is 40.2. The van der Waals surface area contributed by atoms with Crippen LogP contribution in [0.4, 0.5) is 20.5 Å². The standard InChI is InChI=1S/C28H37F2N7O3/c1-3-36(25(38)18-39-2)20-10-8-19(9-11-20)17-31-28-33-23(35-12-14-40-15-13-35)16-24(34-28)37-22-7-5-4-6-21(22)32-27(37)26(29)30/h4-7,16,19-20,26H,3,8-15,17-18H2,1-2H3,(H,31,33,34). The number of hydrogen-bond acceptors (Lipinski definition) is 8. The Labute approximate surface area is 232 Å². The minimum Gasteiger partial charge on any atom is -0.378 e. The van der Waals surface area contributed by atoms with Crippen molar-refractivity contribution in [3.05, 3.63) is 36.2 Å². The van der Waals surface area contributed by atoms with Crippen LogP contribution in [0.3, 0.4) is 0 Å². The van der Waals surface area contributed by atoms with Gasteiger partial charge in [0.2, 0.25) is 11.9 Å². The number of nitrogens with one attached hydrogen (secondary N) is 1. The molecule has 40 heavy (non-hydrogen) atoms. The number of likely N-dealkylation sites (N-methyl/N-ethyl adjacent to an activating group) is 1. The lowest BCUT2D eigenvalue weighted by molar-refractivity contribution is -0.138. The molecule has 5 rings (SSSR count). The van der Waals surface area contributed by atoms with Gasteiger partial charge in [-0.25, -0.2) is 13.8 Å². The molecule has 12 heteroatoms. The first-order valence-electron chi connectivity index (χ1n) is 14.0. The van der Waals surface area contributed by atoms with E-state index in [1.807, 2.05) is 11.8 Å². The van der Waals surface area contributed by atoms with Gasteiger partial charge in [-0.1, -0.05) is 12.1 Å². The molecule has 0 unspecified atom stereocenters. The largest absolute Gasteiger partial charge is 0.378 e. The maximum Gasteiger partial charge on any atom is 0.296 e. The molecular formula is C28H37F2N7O3. The lowest BCUT2D eigenvalue weighted by atomic mass is 9.85. The van der Waals surface area contributed by atoms with Crippen molar-refractivity contribution in [3.8, 4) is 5.82 Å². The molecule has 0 radical (unpaired) electrons. The highest BCUT2D eigenvalue weighted by Crippen LogP contribution is 2.31. The lowest BCUT2D eigenvalue weighted by Crippen LogP contribution is -2.44. The molecule has 3 heterocycles. The molecule has 1 N–H and O–H groups in total. The third kappa shape index (κ3) is 6.17. The summed E-state index contributed by atoms with van der Waals surface area (Å²) in [6, 6.07) is 9.05. The van der Waals surface area contributed by atoms with Crippen molar-refractivity contribution in [1.82, 2.24) is 24.4 Å². The van der Waals surface area contributed by atoms with E-state index >= 15 is 0 Å². The number of aromatic nitrogens is 4. The van der Waals surface area contributed by atoms with Gasteiger partial charge in [-0.3, -0.25) is 9.36 Å². The number of imidazole rings is 1. The molecule has 0 bridgehead atoms. The number of alkyl halides is 2. The van der Waals surface area contributed by atoms with Crippen molar-refractivity contribution in [2.45, 2.75) is 45.1 Å². The molecule has 1 saturated carbocycles. The Kier molecular flexibility index (Phi) is 9.05. The second-order valence-electron chi connectivity index (χ2n) is 10.3. The first-order valence-corrected chi connectivity index (χ1v) is 14.0. The Balaban J connectivity index is 1.36. The summed E-state index contributed by atoms with van der Waals surface area (Å²) in [4.78, 5) is 30.1. The number of amides is 1. The zero-order valence-corrected chi connectivity index (χ0v) is 23.1. The second kappa shape index (κ2) is 12.9. The number of anilines is 2. The smallest absolute Gasteiger partial charge is 0.296 e. The van der Waals surface area contributed by atoms with Crippen molar-refractivity contribution < 1.29 is 23.0 Å². The molecule has 1 aliphatic heterocycles. The van der Waals surface area contributed by atoms with Crippen LogP contribution < -0.4 is 10.2 Å². The maximum absolute atomic E-state index is 14.1. The van der Waals surface area contributed by atoms with Crippen LogP contribution in [-0.2, 0) is 14.3 Å². The van der Waals surface area contributed by atoms with Crippen molar-refractivity contribution in [3.63, 3.8) is 0 Å². The number of methoxy groups -OCH3 is 1. The van der Waals surface area contributed by atoms with E-state index in [0.29, 0.717) is 73.9 Å². The molecule has 1 aliphatic carbocycles. The Bertz CT molecular complexity index is 1290. The Hall–Kier alpha value is -3.38. The molecule has 1 saturated heterocycles. The molecule has 0 spiro atoms. The third-order valence-electron chi connectivity index (χ3n) is 7.78. The van der Waals surface area contributed by atoms with Gasteiger partial charge in [0, 0.05) is 45.4 Å². The van der Waals surface area contributed by atoms with Gasteiger partial charge < -0.3 is 24.6 Å². The van der Waals surface area contributed by atoms with Crippen LogP contribution in [0.1, 0.15) is 44.9 Å². The van der Waals surface area contributed by atoms with Crippen molar-refractivity contribution >= 4 is 28.7 Å². The monoisotopic (exact) mass is 557 g/mol. The summed E-state index contributed by atoms with van der Waals surface area (Å²) in [7, 11) is 1.54. The SMILES string of the molecule is CCN(C(=O)COC)C1CCC(CNc2nc(N3CCOCC3)cc(-n3c(C(F)F)nc4ccccc43)n2)CC1. The number of ether oxygens (including phenoxy) is 2. The molecule has 3 aromatic rings. The first kappa shape index (κ1) is 28.2. The van der Waals surface area contributed by atoms with Crippen molar-refractivity contribution in [2.24, 2.45) is 5.92 Å². The summed E-state index contributed by atoms with van der Waals surface area (Å²) in [6.07, 6.45) is 1.01. The first-order chi connectivity index (χ1) is 19.5. The van der Waals surface area contributed by atoms with Gasteiger partial charge in [0.05, 0.1) is 24.2 Å². The zero-order valence-electron chi connectivity index (χ0n) is 23.1. The molecule has 2 aliphatic rings. The third-order valence-corrected chi connectivity index (χ3v) is 7.78. The normalized spacial score (nSPS) is 19.8. The van der Waals surface area contributed by atoms with Crippen LogP contribution in [0.15, 0.2) is 30.3 Å². The van der Waals surface area contributed by atoms with Gasteiger partial charge in [-0.05, 0) is 50.7 Å². The van der Waals surface area contributed by atoms with E-state index < -0.39 is 6.43 Å². The van der Waals surface area contributed by atoms with Gasteiger partial charge >= 0.3 is 0 Å². The molecule has 2 fully saturated rings. The van der Waals surface area contributed by atoms with Crippen LogP contribution in [0.5, 0.6) is 0 Å². The molecular weight excluding hydrogens is 520 g/mol. The summed E-state index contributed by atoms with van der Waals surface area (Å²) in [6.45, 7) is 5.89. The van der Waals surface area contributed by atoms with Crippen molar-refractivity contribution in [2.75, 3.05) is 63.3 Å². The fourth-order valence-corrected chi connectivity index (χ4v) is 5.74. The van der Waals surface area contributed by atoms with Crippen LogP contribution in [0.2, 0.25) is 0 Å². The van der Waals surface area contributed by atoms with Gasteiger partial charge in [-0.15, -0.1) is 0 Å². The number of fused-ring (bicyclic) bond motifs is 1. The topological polar surface area (TPSA) is 97.6 Å². The highest BCUT2D eigenvalue weighted by molar-refractivity contribution is 5.78. The van der Waals surface area contributed by atoms with E-state index in [1.54, 1.807) is 37.4 Å². The number of carbonyl (C=O) groups is 1. The molecule has 2 aromatic heterocycles. The van der Waals surface area contributed by atoms with E-state index in [9.17, 15) is 13.6 Å². The highest BCUT2D eigenvalue weighted by atomic mass is 19.3. The van der Waals surface area contributed by atoms with E-state index in [0.717, 1.165) is 25.7 Å². The Morgan fingerprint density at radius 3 is 2.55 bits per heavy atom. The summed E-state index contributed by atoms with van der Waals surface area (Å²) in [5.74, 6) is 1.47. The van der Waals surface area contributed by atoms with E-state index in [2.05, 4.69) is 15.2 Å². The van der Waals surface area contributed by atoms with E-state index in [-0.39, 0.29) is 24.4 Å². The Morgan fingerprint density at radius 1 is 1.12 bits per heavy atom. The molecule has 1 aromatic carbocycles. The molecule has 216 valence electrons. The van der Waals surface area contributed by atoms with E-state index in [4.69, 9.17) is 19.4 Å². The zero-order chi connectivity index (χ0) is 28.1. The minimum absolute atomic E-state index is 0.0302. The maximum atomic E-state index is 14.1. The Morgan fingerprint density at radius 2 is 1.85 bits per heavy atom. The summed E-state index contributed by atoms with van der Waals surface area (Å²) >= 11 is 0. The summed E-state index contributed by atoms with van der Waals surface area (Å²) in [5, 5.41) is 3.39. The van der Waals surface area contributed by atoms with Crippen LogP contribution in [0, 0.1) is 5.92 Å². The lowest BCUT2D eigenvalue weighted by Gasteiger charge is -2.36. The van der Waals surface area contributed by atoms with Gasteiger partial charge in [0.25, 0.3) is 6.43 Å². The number of benzene rings is 1. The number of halogens is 2. The quantitative estimate of drug-likeness (QED) is 0.399. The van der Waals surface area contributed by atoms with Gasteiger partial charge in [0.15, 0.2) is 5.82 Å². The molecule has 10 nitrogen and oxygen atoms in total. The average Bonchev–Trinajstić information content (AvgIpc) is 3.38. The summed E-state index contributed by atoms with van der Waals surface area (Å²) in [5.41, 5.74) is 1.05. The number of morpholine rings is 1. The number of carbonyl (C=O) groups excluding carboxylic acids is 1. The van der Waals surface area contributed by atoms with Crippen LogP contribution in [-0.4, -0.2) is 89.5 Å². The second-order valence-corrected chi connectivity index (χ2v) is 10.3. The molecule has 0 atom stereocenters. The fourth-order valence-electron chi connectivity index (χ4n) is 5.74. The van der Waals surface area contributed by atoms with E-state index in [1.165, 1.54) is 4.57 Å². The molecule has 1 amide bonds. The average molecular weight is 558 g/mol. The predicted octanol–water partition coefficient (Wildman–Crippen LogP) is 4.06. The number of rotatable bonds is 10. The van der Waals surface area contributed by atoms with Gasteiger partial charge in [-0.2, -0.15) is 9.97 Å². The predicted molar refractivity (Wildman–Crippen MR) is 148 cm³/mol. The van der Waals surface area contributed by atoms with Gasteiger partial charge in [0.1, 0.15) is 18.2 Å². The van der Waals surface area contributed by atoms with Crippen LogP contribution >= 0.6 is 0 Å². The number of hydrogen-bond donors (Lipinski definition) is 1. The number of nitrogens with zero attached hydrogens (tertiary/aromatic N) is 6. The van der Waals surface area contributed by atoms with Crippen LogP contribution in [0.25, 0.3) is 16.9 Å². The fraction of sp³-hybridized carbons (Fsp3) is 0.571.